The lowest BCUT2D eigenvalue weighted by Gasteiger charge is -2.24. The largest absolute Gasteiger partial charge is 0.368 e. The Labute approximate surface area is 248 Å². The van der Waals surface area contributed by atoms with E-state index in [0.29, 0.717) is 29.4 Å². The second kappa shape index (κ2) is 11.9. The molecule has 3 aromatic heterocycles. The van der Waals surface area contributed by atoms with Gasteiger partial charge in [-0.2, -0.15) is 4.98 Å². The van der Waals surface area contributed by atoms with Crippen molar-refractivity contribution in [3.05, 3.63) is 94.7 Å². The summed E-state index contributed by atoms with van der Waals surface area (Å²) in [4.78, 5) is 33.0. The van der Waals surface area contributed by atoms with Gasteiger partial charge in [0, 0.05) is 34.0 Å². The average molecular weight is 585 g/mol. The molecule has 0 fully saturated rings. The molecule has 0 spiro atoms. The van der Waals surface area contributed by atoms with Crippen LogP contribution in [0.5, 0.6) is 0 Å². The molecular formula is C31H33FN8OS. The molecule has 11 heteroatoms. The SMILES string of the molecule is CCC(Nc1nc(N)nc(C)c1-c1cncc(SNC(C)(C)C)c1)c1nc2cccc(F)c2c(=O)n1-c1ccccc1. The number of rotatable bonds is 8. The Morgan fingerprint density at radius 1 is 1.05 bits per heavy atom. The van der Waals surface area contributed by atoms with Gasteiger partial charge in [-0.05, 0) is 76.4 Å². The molecule has 3 heterocycles. The van der Waals surface area contributed by atoms with Crippen molar-refractivity contribution in [1.29, 1.82) is 0 Å². The summed E-state index contributed by atoms with van der Waals surface area (Å²) in [6, 6.07) is 15.1. The Morgan fingerprint density at radius 3 is 2.52 bits per heavy atom. The number of halogens is 1. The van der Waals surface area contributed by atoms with Gasteiger partial charge < -0.3 is 11.1 Å². The minimum atomic E-state index is -0.616. The summed E-state index contributed by atoms with van der Waals surface area (Å²) in [5.41, 5.74) is 8.60. The second-order valence-electron chi connectivity index (χ2n) is 10.9. The minimum absolute atomic E-state index is 0.0629. The van der Waals surface area contributed by atoms with Crippen molar-refractivity contribution >= 4 is 34.6 Å². The van der Waals surface area contributed by atoms with Crippen LogP contribution in [0.4, 0.5) is 16.2 Å². The first-order valence-corrected chi connectivity index (χ1v) is 14.4. The number of aryl methyl sites for hydroxylation is 1. The predicted octanol–water partition coefficient (Wildman–Crippen LogP) is 6.23. The number of para-hydroxylation sites is 1. The number of pyridine rings is 1. The van der Waals surface area contributed by atoms with E-state index in [-0.39, 0.29) is 22.4 Å². The van der Waals surface area contributed by atoms with Gasteiger partial charge in [-0.3, -0.25) is 19.1 Å². The van der Waals surface area contributed by atoms with Gasteiger partial charge in [-0.15, -0.1) is 0 Å². The van der Waals surface area contributed by atoms with Crippen LogP contribution in [0.1, 0.15) is 51.7 Å². The van der Waals surface area contributed by atoms with E-state index in [0.717, 1.165) is 16.0 Å². The van der Waals surface area contributed by atoms with Crippen LogP contribution in [0.25, 0.3) is 27.7 Å². The lowest BCUT2D eigenvalue weighted by Crippen LogP contribution is -2.29. The monoisotopic (exact) mass is 584 g/mol. The smallest absolute Gasteiger partial charge is 0.269 e. The standard InChI is InChI=1S/C31H33FN8OS/c1-6-23(28-37-24-14-10-13-22(32)26(24)29(41)40(28)20-11-8-7-9-12-20)36-27-25(18(2)35-30(33)38-27)19-15-21(17-34-16-19)42-39-31(3,4)5/h7-17,23,39H,6H2,1-5H3,(H3,33,35,36,38). The van der Waals surface area contributed by atoms with Crippen molar-refractivity contribution in [2.45, 2.75) is 57.5 Å². The number of anilines is 2. The van der Waals surface area contributed by atoms with Crippen molar-refractivity contribution in [2.24, 2.45) is 0 Å². The molecule has 0 bridgehead atoms. The van der Waals surface area contributed by atoms with Crippen LogP contribution in [0.15, 0.2) is 76.7 Å². The van der Waals surface area contributed by atoms with E-state index in [9.17, 15) is 9.18 Å². The highest BCUT2D eigenvalue weighted by molar-refractivity contribution is 7.97. The molecule has 2 aromatic carbocycles. The molecule has 216 valence electrons. The molecule has 0 aliphatic carbocycles. The number of nitrogens with zero attached hydrogens (tertiary/aromatic N) is 5. The molecule has 0 aliphatic rings. The molecule has 0 radical (unpaired) electrons. The molecular weight excluding hydrogens is 551 g/mol. The Bertz CT molecular complexity index is 1800. The number of benzene rings is 2. The average Bonchev–Trinajstić information content (AvgIpc) is 2.94. The molecule has 5 aromatic rings. The third kappa shape index (κ3) is 6.12. The van der Waals surface area contributed by atoms with Crippen LogP contribution in [-0.2, 0) is 0 Å². The summed E-state index contributed by atoms with van der Waals surface area (Å²) in [6.45, 7) is 10.1. The van der Waals surface area contributed by atoms with Crippen LogP contribution in [0, 0.1) is 12.7 Å². The van der Waals surface area contributed by atoms with E-state index in [1.807, 2.05) is 38.1 Å². The van der Waals surface area contributed by atoms with Crippen molar-refractivity contribution in [3.63, 3.8) is 0 Å². The highest BCUT2D eigenvalue weighted by Crippen LogP contribution is 2.34. The molecule has 1 atom stereocenters. The van der Waals surface area contributed by atoms with E-state index in [2.05, 4.69) is 45.8 Å². The summed E-state index contributed by atoms with van der Waals surface area (Å²) in [5, 5.41) is 3.43. The summed E-state index contributed by atoms with van der Waals surface area (Å²) >= 11 is 1.49. The lowest BCUT2D eigenvalue weighted by atomic mass is 10.1. The predicted molar refractivity (Wildman–Crippen MR) is 167 cm³/mol. The zero-order valence-electron chi connectivity index (χ0n) is 24.1. The first-order valence-electron chi connectivity index (χ1n) is 13.6. The molecule has 0 amide bonds. The molecule has 0 saturated carbocycles. The van der Waals surface area contributed by atoms with E-state index < -0.39 is 17.4 Å². The van der Waals surface area contributed by atoms with E-state index in [4.69, 9.17) is 10.7 Å². The van der Waals surface area contributed by atoms with Crippen LogP contribution in [0.2, 0.25) is 0 Å². The Hall–Kier alpha value is -4.35. The molecule has 9 nitrogen and oxygen atoms in total. The van der Waals surface area contributed by atoms with E-state index >= 15 is 0 Å². The molecule has 1 unspecified atom stereocenters. The highest BCUT2D eigenvalue weighted by atomic mass is 32.2. The first kappa shape index (κ1) is 29.2. The van der Waals surface area contributed by atoms with Crippen molar-refractivity contribution in [2.75, 3.05) is 11.1 Å². The van der Waals surface area contributed by atoms with Crippen LogP contribution in [0.3, 0.4) is 0 Å². The number of nitrogen functional groups attached to an aromatic ring is 1. The van der Waals surface area contributed by atoms with Crippen LogP contribution >= 0.6 is 11.9 Å². The topological polar surface area (TPSA) is 124 Å². The normalized spacial score (nSPS) is 12.4. The van der Waals surface area contributed by atoms with Crippen LogP contribution < -0.4 is 21.3 Å². The number of hydrogen-bond donors (Lipinski definition) is 3. The van der Waals surface area contributed by atoms with Gasteiger partial charge in [-0.25, -0.2) is 14.4 Å². The van der Waals surface area contributed by atoms with Crippen molar-refractivity contribution in [3.8, 4) is 16.8 Å². The third-order valence-corrected chi connectivity index (χ3v) is 7.68. The van der Waals surface area contributed by atoms with Gasteiger partial charge in [0.05, 0.1) is 22.9 Å². The van der Waals surface area contributed by atoms with Crippen molar-refractivity contribution < 1.29 is 4.39 Å². The molecule has 0 saturated heterocycles. The Morgan fingerprint density at radius 2 is 1.81 bits per heavy atom. The van der Waals surface area contributed by atoms with Gasteiger partial charge in [-0.1, -0.05) is 31.2 Å². The van der Waals surface area contributed by atoms with Gasteiger partial charge in [0.2, 0.25) is 5.95 Å². The molecule has 0 aliphatic heterocycles. The maximum Gasteiger partial charge on any atom is 0.269 e. The van der Waals surface area contributed by atoms with Gasteiger partial charge in [0.1, 0.15) is 22.8 Å². The maximum atomic E-state index is 14.9. The van der Waals surface area contributed by atoms with Crippen molar-refractivity contribution in [1.82, 2.24) is 29.2 Å². The summed E-state index contributed by atoms with van der Waals surface area (Å²) in [7, 11) is 0. The number of hydrogen-bond acceptors (Lipinski definition) is 9. The Balaban J connectivity index is 1.64. The molecule has 5 rings (SSSR count). The number of nitrogens with one attached hydrogen (secondary N) is 2. The zero-order valence-corrected chi connectivity index (χ0v) is 25.0. The van der Waals surface area contributed by atoms with E-state index in [1.54, 1.807) is 36.7 Å². The Kier molecular flexibility index (Phi) is 8.24. The minimum Gasteiger partial charge on any atom is -0.368 e. The number of fused-ring (bicyclic) bond motifs is 1. The van der Waals surface area contributed by atoms with Gasteiger partial charge in [0.25, 0.3) is 5.56 Å². The molecule has 42 heavy (non-hydrogen) atoms. The lowest BCUT2D eigenvalue weighted by molar-refractivity contribution is 0.535. The number of nitrogens with two attached hydrogens (primary N) is 1. The van der Waals surface area contributed by atoms with Gasteiger partial charge >= 0.3 is 0 Å². The fraction of sp³-hybridized carbons (Fsp3) is 0.258. The fourth-order valence-corrected chi connectivity index (χ4v) is 5.37. The zero-order chi connectivity index (χ0) is 30.0. The fourth-order valence-electron chi connectivity index (χ4n) is 4.65. The van der Waals surface area contributed by atoms with Crippen LogP contribution in [-0.4, -0.2) is 30.0 Å². The summed E-state index contributed by atoms with van der Waals surface area (Å²) in [5.74, 6) is 0.391. The number of aromatic nitrogens is 5. The quantitative estimate of drug-likeness (QED) is 0.182. The maximum absolute atomic E-state index is 14.9. The van der Waals surface area contributed by atoms with Gasteiger partial charge in [0.15, 0.2) is 0 Å². The summed E-state index contributed by atoms with van der Waals surface area (Å²) < 4.78 is 19.7. The second-order valence-corrected chi connectivity index (χ2v) is 11.8. The third-order valence-electron chi connectivity index (χ3n) is 6.50. The first-order chi connectivity index (χ1) is 20.1. The molecule has 4 N–H and O–H groups in total. The summed E-state index contributed by atoms with van der Waals surface area (Å²) in [6.07, 6.45) is 4.08. The van der Waals surface area contributed by atoms with E-state index in [1.165, 1.54) is 22.6 Å². The highest BCUT2D eigenvalue weighted by Gasteiger charge is 2.24.